The van der Waals surface area contributed by atoms with Gasteiger partial charge in [-0.1, -0.05) is 62.4 Å². The number of rotatable bonds is 5. The first kappa shape index (κ1) is 23.7. The van der Waals surface area contributed by atoms with Crippen molar-refractivity contribution in [3.05, 3.63) is 89.5 Å². The zero-order valence-electron chi connectivity index (χ0n) is 16.6. The number of nitrogens with zero attached hydrogens (tertiary/aromatic N) is 1. The molecular formula is C23H23Cl2NO2Zr. The summed E-state index contributed by atoms with van der Waals surface area (Å²) < 4.78 is 5.46. The van der Waals surface area contributed by atoms with Gasteiger partial charge in [-0.15, -0.1) is 0 Å². The average molecular weight is 508 g/mol. The van der Waals surface area contributed by atoms with Gasteiger partial charge in [0.15, 0.2) is 0 Å². The molecule has 0 aromatic heterocycles. The Bertz CT molecular complexity index is 932. The van der Waals surface area contributed by atoms with Crippen LogP contribution in [0.1, 0.15) is 30.5 Å². The van der Waals surface area contributed by atoms with E-state index in [1.165, 1.54) is 0 Å². The monoisotopic (exact) mass is 505 g/mol. The fraction of sp³-hybridized carbons (Fsp3) is 0.174. The molecule has 0 saturated carbocycles. The quantitative estimate of drug-likeness (QED) is 0.384. The molecule has 0 saturated heterocycles. The van der Waals surface area contributed by atoms with Crippen LogP contribution in [-0.2, 0) is 26.3 Å². The van der Waals surface area contributed by atoms with Crippen LogP contribution in [0.4, 0.5) is 5.69 Å². The predicted octanol–water partition coefficient (Wildman–Crippen LogP) is 6.85. The molecule has 0 radical (unpaired) electrons. The molecule has 1 N–H and O–H groups in total. The van der Waals surface area contributed by atoms with Crippen LogP contribution in [0.2, 0.25) is 0 Å². The van der Waals surface area contributed by atoms with Crippen LogP contribution < -0.4 is 4.74 Å². The molecular weight excluding hydrogens is 484 g/mol. The molecule has 0 atom stereocenters. The van der Waals surface area contributed by atoms with Crippen LogP contribution in [-0.4, -0.2) is 18.4 Å². The topological polar surface area (TPSA) is 41.8 Å². The van der Waals surface area contributed by atoms with Crippen molar-refractivity contribution < 1.29 is 30.7 Å². The Morgan fingerprint density at radius 2 is 1.52 bits per heavy atom. The fourth-order valence-electron chi connectivity index (χ4n) is 2.99. The molecule has 0 aliphatic carbocycles. The first-order valence-corrected chi connectivity index (χ1v) is 15.3. The molecule has 3 rings (SSSR count). The first-order chi connectivity index (χ1) is 13.9. The summed E-state index contributed by atoms with van der Waals surface area (Å²) in [5, 5.41) is 10.9. The number of hydrogen-bond donors (Lipinski definition) is 1. The van der Waals surface area contributed by atoms with Crippen molar-refractivity contribution in [2.75, 3.05) is 7.11 Å². The third-order valence-electron chi connectivity index (χ3n) is 4.63. The zero-order chi connectivity index (χ0) is 21.3. The van der Waals surface area contributed by atoms with Crippen molar-refractivity contribution in [1.82, 2.24) is 0 Å². The van der Waals surface area contributed by atoms with Crippen molar-refractivity contribution in [1.29, 1.82) is 0 Å². The van der Waals surface area contributed by atoms with Gasteiger partial charge in [0.1, 0.15) is 11.5 Å². The van der Waals surface area contributed by atoms with Gasteiger partial charge in [-0.2, -0.15) is 0 Å². The van der Waals surface area contributed by atoms with Crippen LogP contribution in [0.5, 0.6) is 11.5 Å². The number of halogens is 2. The summed E-state index contributed by atoms with van der Waals surface area (Å²) in [7, 11) is 11.5. The molecule has 29 heavy (non-hydrogen) atoms. The van der Waals surface area contributed by atoms with Gasteiger partial charge in [-0.05, 0) is 29.8 Å². The second kappa shape index (κ2) is 11.5. The SMILES string of the molecule is COc1cc(C=Nc2ccccc2)c(O)c(C(C)(C)c2ccccc2)c1.[Cl][Zr][Cl]. The van der Waals surface area contributed by atoms with Crippen molar-refractivity contribution >= 4 is 28.9 Å². The van der Waals surface area contributed by atoms with Crippen LogP contribution in [0.15, 0.2) is 77.8 Å². The number of aliphatic imine (C=N–C) groups is 1. The maximum absolute atomic E-state index is 10.9. The predicted molar refractivity (Wildman–Crippen MR) is 119 cm³/mol. The molecule has 3 aromatic carbocycles. The summed E-state index contributed by atoms with van der Waals surface area (Å²) in [6.07, 6.45) is 1.68. The van der Waals surface area contributed by atoms with Gasteiger partial charge in [0.2, 0.25) is 0 Å². The van der Waals surface area contributed by atoms with Crippen LogP contribution in [0.3, 0.4) is 0 Å². The molecule has 0 fully saturated rings. The molecule has 3 nitrogen and oxygen atoms in total. The third kappa shape index (κ3) is 6.44. The number of methoxy groups -OCH3 is 1. The Kier molecular flexibility index (Phi) is 9.42. The third-order valence-corrected chi connectivity index (χ3v) is 4.63. The van der Waals surface area contributed by atoms with Crippen molar-refractivity contribution in [2.24, 2.45) is 4.99 Å². The Morgan fingerprint density at radius 1 is 0.966 bits per heavy atom. The van der Waals surface area contributed by atoms with Gasteiger partial charge in [0.25, 0.3) is 0 Å². The number of phenolic OH excluding ortho intramolecular Hbond substituents is 1. The van der Waals surface area contributed by atoms with E-state index in [2.05, 4.69) is 31.0 Å². The molecule has 0 aliphatic heterocycles. The minimum absolute atomic E-state index is 0.222. The number of benzene rings is 3. The second-order valence-electron chi connectivity index (χ2n) is 6.77. The molecule has 150 valence electrons. The minimum atomic E-state index is -0.826. The molecule has 0 amide bonds. The number of hydrogen-bond acceptors (Lipinski definition) is 3. The van der Waals surface area contributed by atoms with E-state index in [0.29, 0.717) is 11.3 Å². The van der Waals surface area contributed by atoms with Crippen LogP contribution in [0.25, 0.3) is 0 Å². The van der Waals surface area contributed by atoms with E-state index in [1.54, 1.807) is 19.4 Å². The first-order valence-electron chi connectivity index (χ1n) is 8.96. The van der Waals surface area contributed by atoms with Gasteiger partial charge in [0, 0.05) is 22.8 Å². The average Bonchev–Trinajstić information content (AvgIpc) is 2.75. The van der Waals surface area contributed by atoms with Gasteiger partial charge in [0.05, 0.1) is 12.8 Å². The van der Waals surface area contributed by atoms with E-state index < -0.39 is 20.8 Å². The van der Waals surface area contributed by atoms with E-state index in [-0.39, 0.29) is 11.2 Å². The molecule has 0 spiro atoms. The number of aromatic hydroxyl groups is 1. The van der Waals surface area contributed by atoms with E-state index >= 15 is 0 Å². The zero-order valence-corrected chi connectivity index (χ0v) is 20.5. The molecule has 0 bridgehead atoms. The van der Waals surface area contributed by atoms with Crippen LogP contribution >= 0.6 is 17.0 Å². The van der Waals surface area contributed by atoms with Gasteiger partial charge < -0.3 is 9.84 Å². The summed E-state index contributed by atoms with van der Waals surface area (Å²) >= 11 is -0.826. The van der Waals surface area contributed by atoms with Crippen molar-refractivity contribution in [3.63, 3.8) is 0 Å². The van der Waals surface area contributed by atoms with E-state index in [1.807, 2.05) is 54.6 Å². The molecule has 0 heterocycles. The number of ether oxygens (including phenoxy) is 1. The van der Waals surface area contributed by atoms with Crippen molar-refractivity contribution in [2.45, 2.75) is 19.3 Å². The molecule has 0 aliphatic rings. The van der Waals surface area contributed by atoms with E-state index in [9.17, 15) is 5.11 Å². The summed E-state index contributed by atoms with van der Waals surface area (Å²) in [5.41, 5.74) is 3.01. The van der Waals surface area contributed by atoms with Gasteiger partial charge in [-0.3, -0.25) is 4.99 Å². The second-order valence-corrected chi connectivity index (χ2v) is 10.5. The summed E-state index contributed by atoms with van der Waals surface area (Å²) in [5.74, 6) is 0.913. The summed E-state index contributed by atoms with van der Waals surface area (Å²) in [6.45, 7) is 4.18. The summed E-state index contributed by atoms with van der Waals surface area (Å²) in [4.78, 5) is 4.47. The van der Waals surface area contributed by atoms with Crippen molar-refractivity contribution in [3.8, 4) is 11.5 Å². The molecule has 6 heteroatoms. The maximum atomic E-state index is 10.9. The van der Waals surface area contributed by atoms with E-state index in [0.717, 1.165) is 16.8 Å². The Morgan fingerprint density at radius 3 is 2.07 bits per heavy atom. The van der Waals surface area contributed by atoms with Crippen LogP contribution in [0, 0.1) is 0 Å². The van der Waals surface area contributed by atoms with Gasteiger partial charge in [-0.25, -0.2) is 0 Å². The Balaban J connectivity index is 0.000000941. The summed E-state index contributed by atoms with van der Waals surface area (Å²) in [6, 6.07) is 23.5. The number of phenols is 1. The standard InChI is InChI=1S/C23H23NO2.2ClH.Zr/c1-23(2,18-10-6-4-7-11-18)21-15-20(26-3)14-17(22(21)25)16-24-19-12-8-5-9-13-19;;;/h4-16,25H,1-3H3;2*1H;/q;;;+2/p-2. The fourth-order valence-corrected chi connectivity index (χ4v) is 2.99. The van der Waals surface area contributed by atoms with E-state index in [4.69, 9.17) is 21.8 Å². The van der Waals surface area contributed by atoms with Gasteiger partial charge >= 0.3 is 37.9 Å². The molecule has 0 unspecified atom stereocenters. The normalized spacial score (nSPS) is 10.9. The Hall–Kier alpha value is -1.61. The Labute approximate surface area is 191 Å². The molecule has 3 aromatic rings. The number of para-hydroxylation sites is 1.